The molecule has 1 heterocycles. The van der Waals surface area contributed by atoms with Crippen molar-refractivity contribution in [2.45, 2.75) is 19.4 Å². The van der Waals surface area contributed by atoms with E-state index in [0.29, 0.717) is 12.0 Å². The van der Waals surface area contributed by atoms with Gasteiger partial charge in [0.15, 0.2) is 0 Å². The molecule has 0 aliphatic carbocycles. The molecule has 1 N–H and O–H groups in total. The largest absolute Gasteiger partial charge is 0.310 e. The summed E-state index contributed by atoms with van der Waals surface area (Å²) in [6.07, 6.45) is 2.11. The lowest BCUT2D eigenvalue weighted by Gasteiger charge is -2.18. The van der Waals surface area contributed by atoms with Crippen molar-refractivity contribution in [2.75, 3.05) is 6.54 Å². The Morgan fingerprint density at radius 1 is 1.47 bits per heavy atom. The third kappa shape index (κ3) is 3.39. The van der Waals surface area contributed by atoms with Gasteiger partial charge in [0, 0.05) is 29.5 Å². The molecule has 0 bridgehead atoms. The van der Waals surface area contributed by atoms with E-state index < -0.39 is 0 Å². The molecule has 102 valence electrons. The van der Waals surface area contributed by atoms with Crippen molar-refractivity contribution in [3.63, 3.8) is 0 Å². The molecule has 2 rings (SSSR count). The van der Waals surface area contributed by atoms with Crippen molar-refractivity contribution >= 4 is 15.9 Å². The highest BCUT2D eigenvalue weighted by Crippen LogP contribution is 2.23. The molecule has 0 saturated carbocycles. The molecule has 6 heteroatoms. The Morgan fingerprint density at radius 2 is 2.26 bits per heavy atom. The number of benzene rings is 1. The number of rotatable bonds is 5. The normalized spacial score (nSPS) is 12.6. The average molecular weight is 327 g/mol. The Morgan fingerprint density at radius 3 is 2.84 bits per heavy atom. The Hall–Kier alpha value is -1.27. The van der Waals surface area contributed by atoms with Crippen LogP contribution in [-0.4, -0.2) is 21.3 Å². The van der Waals surface area contributed by atoms with Crippen molar-refractivity contribution in [1.82, 2.24) is 20.1 Å². The van der Waals surface area contributed by atoms with Gasteiger partial charge >= 0.3 is 0 Å². The summed E-state index contributed by atoms with van der Waals surface area (Å²) in [6.45, 7) is 2.76. The van der Waals surface area contributed by atoms with Crippen LogP contribution in [0.1, 0.15) is 24.4 Å². The maximum Gasteiger partial charge on any atom is 0.138 e. The van der Waals surface area contributed by atoms with E-state index >= 15 is 0 Å². The Kier molecular flexibility index (Phi) is 4.66. The third-order valence-corrected chi connectivity index (χ3v) is 3.47. The quantitative estimate of drug-likeness (QED) is 0.918. The van der Waals surface area contributed by atoms with E-state index in [2.05, 4.69) is 31.3 Å². The van der Waals surface area contributed by atoms with Gasteiger partial charge in [-0.25, -0.2) is 9.37 Å². The molecule has 0 saturated heterocycles. The zero-order chi connectivity index (χ0) is 13.8. The summed E-state index contributed by atoms with van der Waals surface area (Å²) in [5, 5.41) is 7.32. The highest BCUT2D eigenvalue weighted by atomic mass is 79.9. The molecular formula is C13H16BrFN4. The van der Waals surface area contributed by atoms with Crippen LogP contribution in [0.25, 0.3) is 0 Å². The second kappa shape index (κ2) is 6.25. The minimum absolute atomic E-state index is 0.110. The summed E-state index contributed by atoms with van der Waals surface area (Å²) >= 11 is 3.27. The standard InChI is InChI=1S/C13H16BrFN4/c1-3-16-12(7-13-17-8-18-19(13)2)10-5-4-9(14)6-11(10)15/h4-6,8,12,16H,3,7H2,1-2H3. The molecule has 4 nitrogen and oxygen atoms in total. The number of likely N-dealkylation sites (N-methyl/N-ethyl adjacent to an activating group) is 1. The van der Waals surface area contributed by atoms with Gasteiger partial charge in [-0.1, -0.05) is 28.9 Å². The first-order valence-corrected chi connectivity index (χ1v) is 6.92. The van der Waals surface area contributed by atoms with Gasteiger partial charge in [-0.2, -0.15) is 5.10 Å². The molecular weight excluding hydrogens is 311 g/mol. The molecule has 1 aromatic heterocycles. The van der Waals surface area contributed by atoms with Crippen molar-refractivity contribution in [1.29, 1.82) is 0 Å². The maximum absolute atomic E-state index is 14.0. The molecule has 0 amide bonds. The highest BCUT2D eigenvalue weighted by molar-refractivity contribution is 9.10. The van der Waals surface area contributed by atoms with Gasteiger partial charge in [0.05, 0.1) is 0 Å². The molecule has 2 aromatic rings. The predicted octanol–water partition coefficient (Wildman–Crippen LogP) is 2.61. The van der Waals surface area contributed by atoms with E-state index in [1.807, 2.05) is 20.0 Å². The fraction of sp³-hybridized carbons (Fsp3) is 0.385. The van der Waals surface area contributed by atoms with Crippen LogP contribution in [0.2, 0.25) is 0 Å². The van der Waals surface area contributed by atoms with Gasteiger partial charge in [0.25, 0.3) is 0 Å². The topological polar surface area (TPSA) is 42.7 Å². The summed E-state index contributed by atoms with van der Waals surface area (Å²) in [7, 11) is 1.84. The summed E-state index contributed by atoms with van der Waals surface area (Å²) in [4.78, 5) is 4.19. The van der Waals surface area contributed by atoms with Crippen molar-refractivity contribution in [2.24, 2.45) is 7.05 Å². The maximum atomic E-state index is 14.0. The minimum Gasteiger partial charge on any atom is -0.310 e. The first kappa shape index (κ1) is 14.1. The van der Waals surface area contributed by atoms with Gasteiger partial charge in [0.1, 0.15) is 18.0 Å². The van der Waals surface area contributed by atoms with E-state index in [0.717, 1.165) is 16.8 Å². The monoisotopic (exact) mass is 326 g/mol. The van der Waals surface area contributed by atoms with E-state index in [9.17, 15) is 4.39 Å². The fourth-order valence-electron chi connectivity index (χ4n) is 2.01. The van der Waals surface area contributed by atoms with Crippen LogP contribution in [0.3, 0.4) is 0 Å². The summed E-state index contributed by atoms with van der Waals surface area (Å²) in [5.74, 6) is 0.607. The van der Waals surface area contributed by atoms with E-state index in [1.165, 1.54) is 12.4 Å². The Labute approximate surface area is 120 Å². The Bertz CT molecular complexity index is 555. The number of hydrogen-bond acceptors (Lipinski definition) is 3. The average Bonchev–Trinajstić information content (AvgIpc) is 2.75. The lowest BCUT2D eigenvalue weighted by atomic mass is 10.0. The van der Waals surface area contributed by atoms with Crippen molar-refractivity contribution < 1.29 is 4.39 Å². The van der Waals surface area contributed by atoms with Gasteiger partial charge in [0.2, 0.25) is 0 Å². The number of hydrogen-bond donors (Lipinski definition) is 1. The van der Waals surface area contributed by atoms with Gasteiger partial charge in [-0.3, -0.25) is 4.68 Å². The molecule has 0 fully saturated rings. The van der Waals surface area contributed by atoms with E-state index in [1.54, 1.807) is 10.7 Å². The van der Waals surface area contributed by atoms with Crippen LogP contribution in [0.5, 0.6) is 0 Å². The molecule has 0 aliphatic heterocycles. The lowest BCUT2D eigenvalue weighted by molar-refractivity contribution is 0.492. The van der Waals surface area contributed by atoms with E-state index in [-0.39, 0.29) is 11.9 Å². The summed E-state index contributed by atoms with van der Waals surface area (Å²) in [6, 6.07) is 5.01. The number of nitrogens with one attached hydrogen (secondary N) is 1. The minimum atomic E-state index is -0.220. The second-order valence-electron chi connectivity index (χ2n) is 4.28. The fourth-order valence-corrected chi connectivity index (χ4v) is 2.34. The molecule has 0 radical (unpaired) electrons. The van der Waals surface area contributed by atoms with Gasteiger partial charge < -0.3 is 5.32 Å². The molecule has 1 aromatic carbocycles. The first-order chi connectivity index (χ1) is 9.11. The van der Waals surface area contributed by atoms with Gasteiger partial charge in [-0.05, 0) is 18.7 Å². The lowest BCUT2D eigenvalue weighted by Crippen LogP contribution is -2.25. The smallest absolute Gasteiger partial charge is 0.138 e. The van der Waals surface area contributed by atoms with Crippen LogP contribution in [0.4, 0.5) is 4.39 Å². The molecule has 0 aliphatic rings. The van der Waals surface area contributed by atoms with Crippen LogP contribution in [-0.2, 0) is 13.5 Å². The van der Waals surface area contributed by atoms with E-state index in [4.69, 9.17) is 0 Å². The van der Waals surface area contributed by atoms with Crippen LogP contribution < -0.4 is 5.32 Å². The second-order valence-corrected chi connectivity index (χ2v) is 5.20. The number of halogens is 2. The van der Waals surface area contributed by atoms with Crippen molar-refractivity contribution in [3.05, 3.63) is 46.2 Å². The summed E-state index contributed by atoms with van der Waals surface area (Å²) < 4.78 is 16.5. The molecule has 1 unspecified atom stereocenters. The highest BCUT2D eigenvalue weighted by Gasteiger charge is 2.17. The summed E-state index contributed by atoms with van der Waals surface area (Å²) in [5.41, 5.74) is 0.646. The Balaban J connectivity index is 2.27. The molecule has 0 spiro atoms. The predicted molar refractivity (Wildman–Crippen MR) is 75.2 cm³/mol. The third-order valence-electron chi connectivity index (χ3n) is 2.98. The SMILES string of the molecule is CCNC(Cc1ncnn1C)c1ccc(Br)cc1F. The van der Waals surface area contributed by atoms with Gasteiger partial charge in [-0.15, -0.1) is 0 Å². The first-order valence-electron chi connectivity index (χ1n) is 6.13. The van der Waals surface area contributed by atoms with Crippen LogP contribution in [0.15, 0.2) is 29.0 Å². The van der Waals surface area contributed by atoms with Crippen LogP contribution in [0, 0.1) is 5.82 Å². The zero-order valence-electron chi connectivity index (χ0n) is 10.9. The number of aromatic nitrogens is 3. The van der Waals surface area contributed by atoms with Crippen LogP contribution >= 0.6 is 15.9 Å². The number of nitrogens with zero attached hydrogens (tertiary/aromatic N) is 3. The zero-order valence-corrected chi connectivity index (χ0v) is 12.5. The number of aryl methyl sites for hydroxylation is 1. The molecule has 19 heavy (non-hydrogen) atoms. The van der Waals surface area contributed by atoms with Crippen molar-refractivity contribution in [3.8, 4) is 0 Å². The molecule has 1 atom stereocenters.